The fourth-order valence-corrected chi connectivity index (χ4v) is 3.33. The monoisotopic (exact) mass is 644 g/mol. The van der Waals surface area contributed by atoms with Gasteiger partial charge in [0, 0.05) is 42.7 Å². The SMILES string of the molecule is [2H]C([2H])([2H])c1ccc(-c2[c-]c([N+]#[C-])ccc2C#N)nc1.[Ir].[c-]1ccccc1-c1cc(-c2ccccc2)ccn1. The van der Waals surface area contributed by atoms with E-state index in [1.165, 1.54) is 41.6 Å². The Morgan fingerprint density at radius 1 is 0.917 bits per heavy atom. The molecular weight excluding hydrogens is 621 g/mol. The second-order valence-corrected chi connectivity index (χ2v) is 7.36. The minimum atomic E-state index is -2.22. The number of rotatable bonds is 3. The number of nitriles is 1. The molecule has 0 unspecified atom stereocenters. The minimum absolute atomic E-state index is 0. The molecule has 0 spiro atoms. The second kappa shape index (κ2) is 12.9. The van der Waals surface area contributed by atoms with Crippen molar-refractivity contribution < 1.29 is 24.2 Å². The zero-order valence-electron chi connectivity index (χ0n) is 21.9. The molecule has 175 valence electrons. The van der Waals surface area contributed by atoms with Crippen LogP contribution in [0.5, 0.6) is 0 Å². The molecule has 0 N–H and O–H groups in total. The molecule has 0 atom stereocenters. The fraction of sp³-hybridized carbons (Fsp3) is 0.0323. The molecule has 2 heterocycles. The molecule has 0 saturated carbocycles. The number of hydrogen-bond donors (Lipinski definition) is 0. The van der Waals surface area contributed by atoms with Crippen LogP contribution in [0.4, 0.5) is 5.69 Å². The average Bonchev–Trinajstić information content (AvgIpc) is 2.98. The molecule has 5 heteroatoms. The maximum atomic E-state index is 9.06. The van der Waals surface area contributed by atoms with Gasteiger partial charge in [0.25, 0.3) is 0 Å². The topological polar surface area (TPSA) is 53.9 Å². The molecule has 0 amide bonds. The van der Waals surface area contributed by atoms with E-state index in [2.05, 4.69) is 45.1 Å². The number of pyridine rings is 2. The third kappa shape index (κ3) is 6.59. The first-order valence-electron chi connectivity index (χ1n) is 12.2. The molecule has 0 aliphatic heterocycles. The van der Waals surface area contributed by atoms with Crippen LogP contribution in [0.1, 0.15) is 15.2 Å². The van der Waals surface area contributed by atoms with Gasteiger partial charge in [-0.2, -0.15) is 0 Å². The Morgan fingerprint density at radius 2 is 1.75 bits per heavy atom. The van der Waals surface area contributed by atoms with Crippen molar-refractivity contribution in [1.82, 2.24) is 9.97 Å². The molecule has 1 radical (unpaired) electrons. The molecule has 3 aromatic carbocycles. The van der Waals surface area contributed by atoms with Gasteiger partial charge in [-0.25, -0.2) is 5.26 Å². The molecule has 0 saturated heterocycles. The molecule has 2 aromatic heterocycles. The summed E-state index contributed by atoms with van der Waals surface area (Å²) in [5, 5.41) is 9.06. The summed E-state index contributed by atoms with van der Waals surface area (Å²) >= 11 is 0. The van der Waals surface area contributed by atoms with E-state index in [9.17, 15) is 0 Å². The summed E-state index contributed by atoms with van der Waals surface area (Å²) in [5.41, 5.74) is 5.92. The zero-order valence-corrected chi connectivity index (χ0v) is 21.3. The molecule has 0 aliphatic rings. The van der Waals surface area contributed by atoms with Gasteiger partial charge < -0.3 is 9.97 Å². The van der Waals surface area contributed by atoms with Gasteiger partial charge in [-0.1, -0.05) is 48.5 Å². The predicted octanol–water partition coefficient (Wildman–Crippen LogP) is 7.49. The Balaban J connectivity index is 0.000000211. The third-order valence-electron chi connectivity index (χ3n) is 5.04. The Morgan fingerprint density at radius 3 is 2.42 bits per heavy atom. The van der Waals surface area contributed by atoms with Gasteiger partial charge in [0.15, 0.2) is 0 Å². The largest absolute Gasteiger partial charge is 0.305 e. The summed E-state index contributed by atoms with van der Waals surface area (Å²) in [6.07, 6.45) is 3.10. The molecule has 0 fully saturated rings. The summed E-state index contributed by atoms with van der Waals surface area (Å²) in [6, 6.07) is 36.4. The van der Waals surface area contributed by atoms with E-state index in [1.54, 1.807) is 0 Å². The van der Waals surface area contributed by atoms with E-state index in [0.29, 0.717) is 16.8 Å². The molecule has 5 aromatic rings. The summed E-state index contributed by atoms with van der Waals surface area (Å²) < 4.78 is 21.9. The van der Waals surface area contributed by atoms with Crippen LogP contribution in [-0.2, 0) is 20.1 Å². The zero-order chi connectivity index (χ0) is 27.0. The van der Waals surface area contributed by atoms with E-state index in [0.717, 1.165) is 11.3 Å². The van der Waals surface area contributed by atoms with E-state index in [1.807, 2.05) is 60.8 Å². The number of benzene rings is 3. The van der Waals surface area contributed by atoms with E-state index in [-0.39, 0.29) is 31.4 Å². The van der Waals surface area contributed by atoms with Gasteiger partial charge in [-0.05, 0) is 46.6 Å². The van der Waals surface area contributed by atoms with E-state index in [4.69, 9.17) is 15.9 Å². The molecule has 5 rings (SSSR count). The van der Waals surface area contributed by atoms with Crippen molar-refractivity contribution in [2.24, 2.45) is 0 Å². The van der Waals surface area contributed by atoms with Crippen LogP contribution in [0, 0.1) is 36.9 Å². The normalized spacial score (nSPS) is 11.1. The van der Waals surface area contributed by atoms with Crippen molar-refractivity contribution >= 4 is 5.69 Å². The number of nitrogens with zero attached hydrogens (tertiary/aromatic N) is 4. The van der Waals surface area contributed by atoms with Gasteiger partial charge in [0.1, 0.15) is 5.69 Å². The quantitative estimate of drug-likeness (QED) is 0.192. The Bertz CT molecular complexity index is 1550. The van der Waals surface area contributed by atoms with E-state index >= 15 is 0 Å². The van der Waals surface area contributed by atoms with Crippen LogP contribution in [0.15, 0.2) is 103 Å². The molecular formula is C31H20IrN4-2. The maximum absolute atomic E-state index is 9.06. The molecule has 36 heavy (non-hydrogen) atoms. The molecule has 0 aliphatic carbocycles. The fourth-order valence-electron chi connectivity index (χ4n) is 3.33. The summed E-state index contributed by atoms with van der Waals surface area (Å²) in [4.78, 5) is 11.7. The summed E-state index contributed by atoms with van der Waals surface area (Å²) in [5.74, 6) is 0. The van der Waals surface area contributed by atoms with Gasteiger partial charge in [-0.3, -0.25) is 4.85 Å². The van der Waals surface area contributed by atoms with Crippen molar-refractivity contribution in [3.63, 3.8) is 0 Å². The Hall–Kier alpha value is -4.41. The average molecular weight is 644 g/mol. The first-order valence-corrected chi connectivity index (χ1v) is 10.7. The van der Waals surface area contributed by atoms with Crippen LogP contribution in [0.2, 0.25) is 0 Å². The van der Waals surface area contributed by atoms with Gasteiger partial charge in [-0.15, -0.1) is 59.7 Å². The Kier molecular flexibility index (Phi) is 7.90. The Labute approximate surface area is 229 Å². The smallest absolute Gasteiger partial charge is 0.106 e. The molecule has 4 nitrogen and oxygen atoms in total. The van der Waals surface area contributed by atoms with Crippen LogP contribution < -0.4 is 0 Å². The number of hydrogen-bond acceptors (Lipinski definition) is 3. The van der Waals surface area contributed by atoms with Gasteiger partial charge >= 0.3 is 0 Å². The first kappa shape index (κ1) is 22.1. The van der Waals surface area contributed by atoms with Gasteiger partial charge in [0.2, 0.25) is 0 Å². The minimum Gasteiger partial charge on any atom is -0.305 e. The van der Waals surface area contributed by atoms with E-state index < -0.39 is 6.85 Å². The van der Waals surface area contributed by atoms with Crippen molar-refractivity contribution in [1.29, 1.82) is 5.26 Å². The third-order valence-corrected chi connectivity index (χ3v) is 5.04. The van der Waals surface area contributed by atoms with Crippen LogP contribution in [-0.4, -0.2) is 9.97 Å². The number of aromatic nitrogens is 2. The standard InChI is InChI=1S/C17H12N.C14H8N3.Ir/c1-3-7-14(8-4-1)16-11-12-18-17(13-16)15-9-5-2-6-10-15;1-10-3-6-14(17-9-10)13-7-12(16-2)5-4-11(13)8-15;/h1-9,11-13H;3-6,9H,1H3;/q2*-1;/i;1D3;. The predicted molar refractivity (Wildman–Crippen MR) is 138 cm³/mol. The van der Waals surface area contributed by atoms with Crippen molar-refractivity contribution in [2.75, 3.05) is 0 Å². The number of aryl methyl sites for hydroxylation is 1. The maximum Gasteiger partial charge on any atom is 0.106 e. The molecule has 0 bridgehead atoms. The van der Waals surface area contributed by atoms with Crippen LogP contribution in [0.25, 0.3) is 38.5 Å². The van der Waals surface area contributed by atoms with Crippen molar-refractivity contribution in [2.45, 2.75) is 6.85 Å². The summed E-state index contributed by atoms with van der Waals surface area (Å²) in [6.45, 7) is 4.75. The first-order chi connectivity index (χ1) is 18.4. The van der Waals surface area contributed by atoms with Crippen LogP contribution >= 0.6 is 0 Å². The van der Waals surface area contributed by atoms with Gasteiger partial charge in [0.05, 0.1) is 6.57 Å². The van der Waals surface area contributed by atoms with Crippen molar-refractivity contribution in [3.05, 3.63) is 138 Å². The van der Waals surface area contributed by atoms with Crippen LogP contribution in [0.3, 0.4) is 0 Å². The van der Waals surface area contributed by atoms with Crippen molar-refractivity contribution in [3.8, 4) is 39.7 Å². The second-order valence-electron chi connectivity index (χ2n) is 7.36. The summed E-state index contributed by atoms with van der Waals surface area (Å²) in [7, 11) is 0.